The van der Waals surface area contributed by atoms with Crippen molar-refractivity contribution in [2.45, 2.75) is 0 Å². The maximum atomic E-state index is 11.1. The van der Waals surface area contributed by atoms with Gasteiger partial charge in [-0.05, 0) is 23.7 Å². The minimum absolute atomic E-state index is 0.0362. The fourth-order valence-corrected chi connectivity index (χ4v) is 1.81. The number of nitrogens with zero attached hydrogens (tertiary/aromatic N) is 2. The van der Waals surface area contributed by atoms with E-state index in [9.17, 15) is 4.79 Å². The number of carbonyl (C=O) groups is 1. The first-order valence-corrected chi connectivity index (χ1v) is 4.77. The average molecular weight is 242 g/mol. The first-order valence-electron chi connectivity index (χ1n) is 4.01. The van der Waals surface area contributed by atoms with Crippen molar-refractivity contribution in [3.05, 3.63) is 34.2 Å². The molecule has 0 atom stereocenters. The lowest BCUT2D eigenvalue weighted by atomic mass is 10.1. The Bertz CT molecular complexity index is 556. The molecule has 1 heterocycles. The standard InChI is InChI=1S/C9H5Cl2N3O/c10-7-6-4(8(12)15)2-1-3-5(6)13-9(11)14-7/h1-3H,(H2,12,15). The lowest BCUT2D eigenvalue weighted by Crippen LogP contribution is -2.11. The Morgan fingerprint density at radius 3 is 2.67 bits per heavy atom. The summed E-state index contributed by atoms with van der Waals surface area (Å²) in [5.74, 6) is -0.576. The summed E-state index contributed by atoms with van der Waals surface area (Å²) in [5, 5.41) is 0.588. The van der Waals surface area contributed by atoms with Gasteiger partial charge < -0.3 is 5.73 Å². The van der Waals surface area contributed by atoms with Crippen molar-refractivity contribution < 1.29 is 4.79 Å². The van der Waals surface area contributed by atoms with Crippen LogP contribution in [0.5, 0.6) is 0 Å². The van der Waals surface area contributed by atoms with Crippen LogP contribution >= 0.6 is 23.2 Å². The molecule has 0 bridgehead atoms. The number of fused-ring (bicyclic) bond motifs is 1. The zero-order valence-corrected chi connectivity index (χ0v) is 8.88. The zero-order chi connectivity index (χ0) is 11.0. The van der Waals surface area contributed by atoms with Crippen LogP contribution < -0.4 is 5.73 Å². The number of primary amides is 1. The van der Waals surface area contributed by atoms with Gasteiger partial charge in [-0.15, -0.1) is 0 Å². The molecule has 4 nitrogen and oxygen atoms in total. The number of halogens is 2. The highest BCUT2D eigenvalue weighted by molar-refractivity contribution is 6.36. The van der Waals surface area contributed by atoms with Crippen LogP contribution in [0.3, 0.4) is 0 Å². The van der Waals surface area contributed by atoms with Crippen LogP contribution in [0.2, 0.25) is 10.4 Å². The van der Waals surface area contributed by atoms with Crippen molar-refractivity contribution >= 4 is 40.0 Å². The highest BCUT2D eigenvalue weighted by Crippen LogP contribution is 2.25. The van der Waals surface area contributed by atoms with Crippen molar-refractivity contribution in [1.29, 1.82) is 0 Å². The maximum absolute atomic E-state index is 11.1. The molecule has 0 radical (unpaired) electrons. The monoisotopic (exact) mass is 241 g/mol. The summed E-state index contributed by atoms with van der Waals surface area (Å²) < 4.78 is 0. The number of benzene rings is 1. The number of hydrogen-bond donors (Lipinski definition) is 1. The smallest absolute Gasteiger partial charge is 0.249 e. The lowest BCUT2D eigenvalue weighted by Gasteiger charge is -2.03. The first-order chi connectivity index (χ1) is 7.09. The van der Waals surface area contributed by atoms with Gasteiger partial charge >= 0.3 is 0 Å². The molecule has 0 fully saturated rings. The molecule has 6 heteroatoms. The van der Waals surface area contributed by atoms with Crippen molar-refractivity contribution in [3.8, 4) is 0 Å². The molecule has 15 heavy (non-hydrogen) atoms. The van der Waals surface area contributed by atoms with E-state index < -0.39 is 5.91 Å². The van der Waals surface area contributed by atoms with Gasteiger partial charge in [-0.25, -0.2) is 9.97 Å². The largest absolute Gasteiger partial charge is 0.366 e. The SMILES string of the molecule is NC(=O)c1cccc2nc(Cl)nc(Cl)c12. The Morgan fingerprint density at radius 2 is 2.00 bits per heavy atom. The summed E-state index contributed by atoms with van der Waals surface area (Å²) >= 11 is 11.5. The zero-order valence-electron chi connectivity index (χ0n) is 7.37. The summed E-state index contributed by atoms with van der Waals surface area (Å²) in [5.41, 5.74) is 5.98. The number of rotatable bonds is 1. The van der Waals surface area contributed by atoms with Crippen molar-refractivity contribution in [3.63, 3.8) is 0 Å². The van der Waals surface area contributed by atoms with Crippen molar-refractivity contribution in [1.82, 2.24) is 9.97 Å². The van der Waals surface area contributed by atoms with Gasteiger partial charge in [-0.1, -0.05) is 17.7 Å². The van der Waals surface area contributed by atoms with Crippen molar-refractivity contribution in [2.24, 2.45) is 5.73 Å². The maximum Gasteiger partial charge on any atom is 0.249 e. The van der Waals surface area contributed by atoms with Gasteiger partial charge in [-0.2, -0.15) is 0 Å². The normalized spacial score (nSPS) is 10.5. The molecule has 2 rings (SSSR count). The van der Waals surface area contributed by atoms with E-state index >= 15 is 0 Å². The topological polar surface area (TPSA) is 68.9 Å². The molecule has 0 spiro atoms. The van der Waals surface area contributed by atoms with E-state index in [0.717, 1.165) is 0 Å². The van der Waals surface area contributed by atoms with E-state index in [-0.39, 0.29) is 16.0 Å². The molecule has 76 valence electrons. The van der Waals surface area contributed by atoms with Gasteiger partial charge in [-0.3, -0.25) is 4.79 Å². The van der Waals surface area contributed by atoms with E-state index in [1.165, 1.54) is 0 Å². The Hall–Kier alpha value is -1.39. The second-order valence-corrected chi connectivity index (χ2v) is 3.54. The highest BCUT2D eigenvalue weighted by Gasteiger charge is 2.12. The van der Waals surface area contributed by atoms with Gasteiger partial charge in [0.2, 0.25) is 11.2 Å². The Morgan fingerprint density at radius 1 is 1.27 bits per heavy atom. The van der Waals surface area contributed by atoms with Crippen LogP contribution in [0.25, 0.3) is 10.9 Å². The summed E-state index contributed by atoms with van der Waals surface area (Å²) in [6, 6.07) is 4.90. The molecule has 1 aromatic heterocycles. The van der Waals surface area contributed by atoms with E-state index in [4.69, 9.17) is 28.9 Å². The van der Waals surface area contributed by atoms with Crippen molar-refractivity contribution in [2.75, 3.05) is 0 Å². The van der Waals surface area contributed by atoms with Crippen LogP contribution in [-0.2, 0) is 0 Å². The Balaban J connectivity index is 2.91. The third-order valence-electron chi connectivity index (χ3n) is 1.92. The van der Waals surface area contributed by atoms with Crippen LogP contribution in [0, 0.1) is 0 Å². The molecule has 0 saturated heterocycles. The van der Waals surface area contributed by atoms with E-state index in [0.29, 0.717) is 10.9 Å². The lowest BCUT2D eigenvalue weighted by molar-refractivity contribution is 0.100. The Labute approximate surface area is 95.0 Å². The third kappa shape index (κ3) is 1.73. The number of nitrogens with two attached hydrogens (primary N) is 1. The quantitative estimate of drug-likeness (QED) is 0.614. The first kappa shape index (κ1) is 10.1. The summed E-state index contributed by atoms with van der Waals surface area (Å²) in [4.78, 5) is 18.8. The molecule has 0 aliphatic carbocycles. The predicted octanol–water partition coefficient (Wildman–Crippen LogP) is 2.04. The minimum atomic E-state index is -0.576. The number of hydrogen-bond acceptors (Lipinski definition) is 3. The van der Waals surface area contributed by atoms with Gasteiger partial charge in [0.15, 0.2) is 0 Å². The number of aromatic nitrogens is 2. The predicted molar refractivity (Wildman–Crippen MR) is 58.1 cm³/mol. The molecule has 1 aromatic carbocycles. The van der Waals surface area contributed by atoms with Gasteiger partial charge in [0.1, 0.15) is 5.15 Å². The van der Waals surface area contributed by atoms with Crippen LogP contribution in [-0.4, -0.2) is 15.9 Å². The van der Waals surface area contributed by atoms with E-state index in [2.05, 4.69) is 9.97 Å². The summed E-state index contributed by atoms with van der Waals surface area (Å²) in [7, 11) is 0. The molecule has 2 N–H and O–H groups in total. The van der Waals surface area contributed by atoms with Crippen LogP contribution in [0.4, 0.5) is 0 Å². The third-order valence-corrected chi connectivity index (χ3v) is 2.36. The molecule has 0 unspecified atom stereocenters. The molecule has 0 saturated carbocycles. The molecular weight excluding hydrogens is 237 g/mol. The van der Waals surface area contributed by atoms with E-state index in [1.54, 1.807) is 18.2 Å². The molecule has 1 amide bonds. The molecule has 0 aliphatic rings. The second kappa shape index (κ2) is 3.64. The fraction of sp³-hybridized carbons (Fsp3) is 0. The summed E-state index contributed by atoms with van der Waals surface area (Å²) in [6.07, 6.45) is 0. The average Bonchev–Trinajstić information content (AvgIpc) is 2.16. The van der Waals surface area contributed by atoms with Gasteiger partial charge in [0.05, 0.1) is 16.5 Å². The minimum Gasteiger partial charge on any atom is -0.366 e. The van der Waals surface area contributed by atoms with Gasteiger partial charge in [0, 0.05) is 0 Å². The summed E-state index contributed by atoms with van der Waals surface area (Å²) in [6.45, 7) is 0. The molecule has 0 aliphatic heterocycles. The molecular formula is C9H5Cl2N3O. The fourth-order valence-electron chi connectivity index (χ4n) is 1.32. The van der Waals surface area contributed by atoms with Crippen LogP contribution in [0.15, 0.2) is 18.2 Å². The number of carbonyl (C=O) groups excluding carboxylic acids is 1. The van der Waals surface area contributed by atoms with Gasteiger partial charge in [0.25, 0.3) is 0 Å². The highest BCUT2D eigenvalue weighted by atomic mass is 35.5. The van der Waals surface area contributed by atoms with E-state index in [1.807, 2.05) is 0 Å². The molecule has 2 aromatic rings. The Kier molecular flexibility index (Phi) is 2.46. The second-order valence-electron chi connectivity index (χ2n) is 2.85. The van der Waals surface area contributed by atoms with Crippen LogP contribution in [0.1, 0.15) is 10.4 Å². The number of amides is 1.